The molecule has 0 aliphatic carbocycles. The molecule has 2 saturated heterocycles. The molecule has 0 bridgehead atoms. The molecule has 0 radical (unpaired) electrons. The van der Waals surface area contributed by atoms with E-state index in [1.54, 1.807) is 51.5 Å². The van der Waals surface area contributed by atoms with Crippen molar-refractivity contribution in [3.8, 4) is 11.5 Å². The minimum atomic E-state index is -3.05. The third-order valence-corrected chi connectivity index (χ3v) is 12.6. The highest BCUT2D eigenvalue weighted by Gasteiger charge is 2.50. The Labute approximate surface area is 383 Å². The second-order valence-electron chi connectivity index (χ2n) is 16.0. The summed E-state index contributed by atoms with van der Waals surface area (Å²) in [6.45, 7) is 2.52. The molecule has 2 aliphatic heterocycles. The highest BCUT2D eigenvalue weighted by atomic mass is 31.1. The van der Waals surface area contributed by atoms with Gasteiger partial charge < -0.3 is 28.4 Å². The first-order valence-corrected chi connectivity index (χ1v) is 22.4. The van der Waals surface area contributed by atoms with Gasteiger partial charge in [-0.25, -0.2) is 14.4 Å². The lowest BCUT2D eigenvalue weighted by Crippen LogP contribution is -2.38. The first-order valence-electron chi connectivity index (χ1n) is 21.3. The number of aromatic amines is 2. The van der Waals surface area contributed by atoms with Crippen molar-refractivity contribution < 1.29 is 46.8 Å². The fourth-order valence-corrected chi connectivity index (χ4v) is 9.14. The highest BCUT2D eigenvalue weighted by molar-refractivity contribution is 7.33. The molecule has 67 heavy (non-hydrogen) atoms. The van der Waals surface area contributed by atoms with E-state index in [1.165, 1.54) is 28.5 Å². The predicted octanol–water partition coefficient (Wildman–Crippen LogP) is 5.59. The molecule has 4 aromatic carbocycles. The van der Waals surface area contributed by atoms with Crippen LogP contribution in [-0.2, 0) is 38.2 Å². The Hall–Kier alpha value is -6.79. The van der Waals surface area contributed by atoms with Crippen LogP contribution in [0.4, 0.5) is 0 Å². The second-order valence-corrected chi connectivity index (χ2v) is 16.8. The van der Waals surface area contributed by atoms with Crippen molar-refractivity contribution in [3.63, 3.8) is 0 Å². The van der Waals surface area contributed by atoms with Crippen LogP contribution in [0.2, 0.25) is 0 Å². The maximum Gasteiger partial charge on any atom is 0.698 e. The summed E-state index contributed by atoms with van der Waals surface area (Å²) in [6, 6.07) is 32.7. The van der Waals surface area contributed by atoms with Crippen molar-refractivity contribution in [2.24, 2.45) is 0 Å². The number of aromatic nitrogens is 4. The molecule has 4 heterocycles. The van der Waals surface area contributed by atoms with Gasteiger partial charge in [-0.05, 0) is 66.9 Å². The van der Waals surface area contributed by atoms with Crippen molar-refractivity contribution in [1.29, 1.82) is 0 Å². The maximum atomic E-state index is 14.2. The van der Waals surface area contributed by atoms with Gasteiger partial charge in [0.05, 0.1) is 26.4 Å². The fourth-order valence-electron chi connectivity index (χ4n) is 8.21. The number of aryl methyl sites for hydroxylation is 2. The number of H-pyrrole nitrogens is 2. The van der Waals surface area contributed by atoms with E-state index in [4.69, 9.17) is 37.5 Å². The topological polar surface area (TPSA) is 218 Å². The van der Waals surface area contributed by atoms with Crippen molar-refractivity contribution in [1.82, 2.24) is 19.1 Å². The fraction of sp³-hybridized carbons (Fsp3) is 0.312. The van der Waals surface area contributed by atoms with E-state index in [0.29, 0.717) is 11.5 Å². The van der Waals surface area contributed by atoms with E-state index in [-0.39, 0.29) is 42.7 Å². The van der Waals surface area contributed by atoms with E-state index in [2.05, 4.69) is 9.97 Å². The third-order valence-electron chi connectivity index (χ3n) is 11.7. The molecule has 19 heteroatoms. The smallest absolute Gasteiger partial charge is 0.497 e. The van der Waals surface area contributed by atoms with Crippen molar-refractivity contribution in [2.45, 2.75) is 69.2 Å². The number of nitrogens with one attached hydrogen (secondary N) is 2. The molecule has 8 rings (SSSR count). The minimum absolute atomic E-state index is 0.0405. The van der Waals surface area contributed by atoms with E-state index in [0.717, 1.165) is 16.7 Å². The van der Waals surface area contributed by atoms with Crippen LogP contribution in [0.15, 0.2) is 141 Å². The predicted molar refractivity (Wildman–Crippen MR) is 242 cm³/mol. The number of methoxy groups -OCH3 is 2. The van der Waals surface area contributed by atoms with Crippen LogP contribution in [0.5, 0.6) is 11.5 Å². The molecule has 0 amide bonds. The first-order chi connectivity index (χ1) is 32.4. The zero-order valence-electron chi connectivity index (χ0n) is 36.9. The van der Waals surface area contributed by atoms with Gasteiger partial charge in [0.25, 0.3) is 11.1 Å². The highest BCUT2D eigenvalue weighted by Crippen LogP contribution is 2.45. The van der Waals surface area contributed by atoms with E-state index in [9.17, 15) is 28.5 Å². The Bertz CT molecular complexity index is 2890. The average Bonchev–Trinajstić information content (AvgIpc) is 3.94. The number of carbonyl (C=O) groups excluding carboxylic acids is 1. The SMILES string of the molecule is COc1ccc(C(OC[C@H]2O[C@@H](n3cc(C)c(=O)[nH]c3=O)C[C@@H]2O[P+](=O)O[C@H]2C[C@H](n3cc(C)c(=O)[nH]c3=O)O[C@@H]2COC(=O)c2ccccc2)(c2ccccc2)c2ccc(OC)cc2)cc1. The van der Waals surface area contributed by atoms with Crippen LogP contribution in [-0.4, -0.2) is 76.9 Å². The Morgan fingerprint density at radius 1 is 0.642 bits per heavy atom. The zero-order chi connectivity index (χ0) is 47.2. The van der Waals surface area contributed by atoms with Gasteiger partial charge in [0, 0.05) is 40.9 Å². The number of hydrogen-bond donors (Lipinski definition) is 2. The van der Waals surface area contributed by atoms with Crippen LogP contribution in [0.25, 0.3) is 0 Å². The third kappa shape index (κ3) is 10.1. The van der Waals surface area contributed by atoms with Crippen LogP contribution in [0.1, 0.15) is 63.5 Å². The van der Waals surface area contributed by atoms with Crippen molar-refractivity contribution >= 4 is 14.2 Å². The Morgan fingerprint density at radius 3 is 1.54 bits per heavy atom. The molecule has 1 unspecified atom stereocenters. The van der Waals surface area contributed by atoms with E-state index in [1.807, 2.05) is 78.9 Å². The lowest BCUT2D eigenvalue weighted by Gasteiger charge is -2.37. The van der Waals surface area contributed by atoms with Gasteiger partial charge in [0.15, 0.2) is 0 Å². The normalized spacial score (nSPS) is 20.6. The Kier molecular flexibility index (Phi) is 14.2. The zero-order valence-corrected chi connectivity index (χ0v) is 37.8. The number of esters is 1. The van der Waals surface area contributed by atoms with Gasteiger partial charge >= 0.3 is 25.6 Å². The van der Waals surface area contributed by atoms with Gasteiger partial charge in [-0.2, -0.15) is 0 Å². The molecule has 2 fully saturated rings. The summed E-state index contributed by atoms with van der Waals surface area (Å²) >= 11 is 0. The molecule has 0 spiro atoms. The summed E-state index contributed by atoms with van der Waals surface area (Å²) in [6.07, 6.45) is -3.59. The summed E-state index contributed by atoms with van der Waals surface area (Å²) in [5, 5.41) is 0. The molecular weight excluding hydrogens is 888 g/mol. The lowest BCUT2D eigenvalue weighted by molar-refractivity contribution is -0.0928. The summed E-state index contributed by atoms with van der Waals surface area (Å²) in [5.74, 6) is 0.597. The molecule has 348 valence electrons. The second kappa shape index (κ2) is 20.4. The number of nitrogens with zero attached hydrogens (tertiary/aromatic N) is 2. The molecule has 18 nitrogen and oxygen atoms in total. The van der Waals surface area contributed by atoms with Crippen LogP contribution >= 0.6 is 8.25 Å². The molecule has 2 N–H and O–H groups in total. The van der Waals surface area contributed by atoms with E-state index < -0.39 is 79.2 Å². The lowest BCUT2D eigenvalue weighted by atomic mass is 9.80. The van der Waals surface area contributed by atoms with Gasteiger partial charge in [-0.3, -0.25) is 28.7 Å². The monoisotopic (exact) mass is 935 g/mol. The Balaban J connectivity index is 1.11. The van der Waals surface area contributed by atoms with Gasteiger partial charge in [-0.1, -0.05) is 72.8 Å². The summed E-state index contributed by atoms with van der Waals surface area (Å²) in [7, 11) is 0.102. The van der Waals surface area contributed by atoms with E-state index >= 15 is 0 Å². The first kappa shape index (κ1) is 46.7. The maximum absolute atomic E-state index is 14.2. The number of benzene rings is 4. The van der Waals surface area contributed by atoms with Crippen LogP contribution in [0, 0.1) is 13.8 Å². The molecule has 0 saturated carbocycles. The molecule has 2 aromatic heterocycles. The van der Waals surface area contributed by atoms with Crippen LogP contribution in [0.3, 0.4) is 0 Å². The van der Waals surface area contributed by atoms with Gasteiger partial charge in [0.1, 0.15) is 60.6 Å². The molecule has 7 atom stereocenters. The number of rotatable bonds is 17. The molecule has 6 aromatic rings. The van der Waals surface area contributed by atoms with Crippen LogP contribution < -0.4 is 32.0 Å². The number of ether oxygens (including phenoxy) is 6. The quantitative estimate of drug-likeness (QED) is 0.0648. The number of carbonyl (C=O) groups is 1. The minimum Gasteiger partial charge on any atom is -0.497 e. The molecular formula is C48H48N4O14P+. The molecule has 2 aliphatic rings. The van der Waals surface area contributed by atoms with Crippen molar-refractivity contribution in [2.75, 3.05) is 27.4 Å². The average molecular weight is 936 g/mol. The summed E-state index contributed by atoms with van der Waals surface area (Å²) in [4.78, 5) is 68.3. The summed E-state index contributed by atoms with van der Waals surface area (Å²) in [5.41, 5.74) is -0.915. The largest absolute Gasteiger partial charge is 0.698 e. The van der Waals surface area contributed by atoms with Crippen molar-refractivity contribution in [3.05, 3.63) is 197 Å². The standard InChI is InChI=1S/C48H47N4O14P/c1-29-25-51(46(56)49-43(29)53)41-23-37(39(63-41)27-61-45(55)31-11-7-5-8-12-31)65-67(58)66-38-24-42(52-26-30(2)44(54)50-47(52)57)64-40(38)28-62-48(32-13-9-6-10-14-32,33-15-19-35(59-3)20-16-33)34-17-21-36(60-4)22-18-34/h5-22,25-26,37-42H,23-24,27-28H2,1-4H3,(H-,49,50,53,54,56,57)/p+1/t37-,38-,39+,40+,41+,42+/m0/s1. The number of hydrogen-bond acceptors (Lipinski definition) is 14. The van der Waals surface area contributed by atoms with Gasteiger partial charge in [0.2, 0.25) is 0 Å². The van der Waals surface area contributed by atoms with Gasteiger partial charge in [-0.15, -0.1) is 9.05 Å². The summed E-state index contributed by atoms with van der Waals surface area (Å²) < 4.78 is 65.3. The Morgan fingerprint density at radius 2 is 1.07 bits per heavy atom.